The number of benzene rings is 4. The molecule has 3 fully saturated rings. The van der Waals surface area contributed by atoms with Gasteiger partial charge >= 0.3 is 0 Å². The molecule has 0 aromatic heterocycles. The minimum absolute atomic E-state index is 0.0205. The predicted molar refractivity (Wildman–Crippen MR) is 215 cm³/mol. The minimum atomic E-state index is -0.597. The number of ether oxygens (including phenoxy) is 2. The van der Waals surface area contributed by atoms with Crippen molar-refractivity contribution < 1.29 is 29.0 Å². The highest BCUT2D eigenvalue weighted by atomic mass is 16.7. The van der Waals surface area contributed by atoms with Gasteiger partial charge in [0.15, 0.2) is 6.29 Å². The number of nitrogens with one attached hydrogen (secondary N) is 3. The van der Waals surface area contributed by atoms with Crippen LogP contribution in [0.25, 0.3) is 0 Å². The van der Waals surface area contributed by atoms with Crippen molar-refractivity contribution in [1.29, 1.82) is 0 Å². The summed E-state index contributed by atoms with van der Waals surface area (Å²) in [5.41, 5.74) is 11.2. The molecule has 12 nitrogen and oxygen atoms in total. The third-order valence-corrected chi connectivity index (χ3v) is 11.2. The molecule has 3 saturated heterocycles. The molecule has 0 unspecified atom stereocenters. The van der Waals surface area contributed by atoms with Crippen molar-refractivity contribution in [3.8, 4) is 0 Å². The van der Waals surface area contributed by atoms with E-state index in [1.165, 1.54) is 0 Å². The molecule has 0 aliphatic carbocycles. The Kier molecular flexibility index (Phi) is 12.6. The number of hydrogen-bond donors (Lipinski definition) is 5. The number of anilines is 3. The molecule has 294 valence electrons. The first-order valence-corrected chi connectivity index (χ1v) is 19.6. The van der Waals surface area contributed by atoms with Crippen LogP contribution in [-0.4, -0.2) is 65.7 Å². The zero-order chi connectivity index (χ0) is 38.9. The van der Waals surface area contributed by atoms with E-state index in [0.29, 0.717) is 63.2 Å². The van der Waals surface area contributed by atoms with E-state index >= 15 is 0 Å². The summed E-state index contributed by atoms with van der Waals surface area (Å²) < 4.78 is 13.2. The van der Waals surface area contributed by atoms with Crippen LogP contribution in [0.15, 0.2) is 103 Å². The van der Waals surface area contributed by atoms with Crippen LogP contribution >= 0.6 is 0 Å². The number of hydrogen-bond acceptors (Lipinski definition) is 9. The standard InChI is InChI=1S/C44H52N6O6/c45-37-10-4-5-11-38(37)48-41(53)13-7-6-12-40(52)46-27-31-14-20-34(21-15-31)42-55-36(26-39(56-42)33-18-16-32(29-51)17-19-33)28-49-24-22-44(23-25-49)43(54)47-30-50(44)35-8-2-1-3-9-35/h1-5,8-11,14-21,36,39,42,51H,6-7,12-13,22-30,45H2,(H,46,52)(H,47,54)(H,48,53)/t36-,39+,42+/m1/s1. The van der Waals surface area contributed by atoms with Crippen molar-refractivity contribution in [3.63, 3.8) is 0 Å². The molecule has 3 atom stereocenters. The Labute approximate surface area is 328 Å². The molecule has 1 spiro atoms. The zero-order valence-electron chi connectivity index (χ0n) is 31.7. The first-order valence-electron chi connectivity index (χ1n) is 19.6. The highest BCUT2D eigenvalue weighted by Crippen LogP contribution is 2.40. The van der Waals surface area contributed by atoms with Gasteiger partial charge < -0.3 is 46.1 Å². The molecule has 3 aliphatic heterocycles. The van der Waals surface area contributed by atoms with Crippen LogP contribution in [0, 0.1) is 0 Å². The molecule has 4 aromatic rings. The van der Waals surface area contributed by atoms with Crippen LogP contribution in [0.4, 0.5) is 17.1 Å². The largest absolute Gasteiger partial charge is 0.397 e. The Bertz CT molecular complexity index is 1930. The van der Waals surface area contributed by atoms with Crippen LogP contribution < -0.4 is 26.6 Å². The number of aliphatic hydroxyl groups excluding tert-OH is 1. The van der Waals surface area contributed by atoms with E-state index < -0.39 is 11.8 Å². The predicted octanol–water partition coefficient (Wildman–Crippen LogP) is 5.55. The zero-order valence-corrected chi connectivity index (χ0v) is 31.7. The van der Waals surface area contributed by atoms with Crippen molar-refractivity contribution in [1.82, 2.24) is 15.5 Å². The average molecular weight is 761 g/mol. The molecule has 56 heavy (non-hydrogen) atoms. The molecule has 0 saturated carbocycles. The van der Waals surface area contributed by atoms with E-state index in [0.717, 1.165) is 53.9 Å². The van der Waals surface area contributed by atoms with Gasteiger partial charge in [0.25, 0.3) is 0 Å². The van der Waals surface area contributed by atoms with E-state index in [4.69, 9.17) is 15.2 Å². The fourth-order valence-electron chi connectivity index (χ4n) is 7.94. The molecule has 0 bridgehead atoms. The molecule has 4 aromatic carbocycles. The summed E-state index contributed by atoms with van der Waals surface area (Å²) in [6.45, 7) is 3.15. The van der Waals surface area contributed by atoms with Crippen molar-refractivity contribution in [2.24, 2.45) is 0 Å². The molecule has 0 radical (unpaired) electrons. The van der Waals surface area contributed by atoms with Gasteiger partial charge in [-0.3, -0.25) is 14.4 Å². The fraction of sp³-hybridized carbons (Fsp3) is 0.386. The number of likely N-dealkylation sites (tertiary alicyclic amines) is 1. The van der Waals surface area contributed by atoms with Gasteiger partial charge in [0.05, 0.1) is 36.9 Å². The van der Waals surface area contributed by atoms with Crippen LogP contribution in [0.3, 0.4) is 0 Å². The van der Waals surface area contributed by atoms with Crippen LogP contribution in [0.1, 0.15) is 79.6 Å². The summed E-state index contributed by atoms with van der Waals surface area (Å²) >= 11 is 0. The van der Waals surface area contributed by atoms with Gasteiger partial charge in [0.2, 0.25) is 17.7 Å². The maximum atomic E-state index is 13.2. The summed E-state index contributed by atoms with van der Waals surface area (Å²) in [7, 11) is 0. The second kappa shape index (κ2) is 18.1. The van der Waals surface area contributed by atoms with Gasteiger partial charge in [0.1, 0.15) is 5.54 Å². The summed E-state index contributed by atoms with van der Waals surface area (Å²) in [5, 5.41) is 18.5. The van der Waals surface area contributed by atoms with Crippen molar-refractivity contribution in [2.75, 3.05) is 42.3 Å². The Morgan fingerprint density at radius 2 is 1.48 bits per heavy atom. The smallest absolute Gasteiger partial charge is 0.247 e. The second-order valence-corrected chi connectivity index (χ2v) is 15.0. The van der Waals surface area contributed by atoms with Crippen molar-refractivity contribution in [3.05, 3.63) is 125 Å². The number of nitrogen functional groups attached to an aromatic ring is 1. The molecule has 6 N–H and O–H groups in total. The molecule has 3 heterocycles. The number of nitrogens with two attached hydrogens (primary N) is 1. The lowest BCUT2D eigenvalue weighted by atomic mass is 9.85. The number of aliphatic hydroxyl groups is 1. The average Bonchev–Trinajstić information content (AvgIpc) is 3.55. The molecular formula is C44H52N6O6. The number of nitrogens with zero attached hydrogens (tertiary/aromatic N) is 2. The second-order valence-electron chi connectivity index (χ2n) is 15.0. The minimum Gasteiger partial charge on any atom is -0.397 e. The maximum absolute atomic E-state index is 13.2. The molecule has 12 heteroatoms. The van der Waals surface area contributed by atoms with Crippen LogP contribution in [0.5, 0.6) is 0 Å². The number of unbranched alkanes of at least 4 members (excludes halogenated alkanes) is 1. The summed E-state index contributed by atoms with van der Waals surface area (Å²) in [5.74, 6) is -0.0880. The van der Waals surface area contributed by atoms with E-state index in [1.54, 1.807) is 12.1 Å². The van der Waals surface area contributed by atoms with Crippen LogP contribution in [0.2, 0.25) is 0 Å². The third-order valence-electron chi connectivity index (χ3n) is 11.2. The normalized spacial score (nSPS) is 20.8. The summed E-state index contributed by atoms with van der Waals surface area (Å²) in [4.78, 5) is 42.7. The lowest BCUT2D eigenvalue weighted by Crippen LogP contribution is -2.57. The van der Waals surface area contributed by atoms with E-state index in [1.807, 2.05) is 78.9 Å². The van der Waals surface area contributed by atoms with Gasteiger partial charge in [-0.15, -0.1) is 0 Å². The van der Waals surface area contributed by atoms with Crippen LogP contribution in [-0.2, 0) is 37.0 Å². The Balaban J connectivity index is 0.924. The van der Waals surface area contributed by atoms with Crippen molar-refractivity contribution >= 4 is 34.8 Å². The van der Waals surface area contributed by atoms with Gasteiger partial charge in [-0.2, -0.15) is 0 Å². The highest BCUT2D eigenvalue weighted by molar-refractivity contribution is 5.94. The van der Waals surface area contributed by atoms with Crippen molar-refractivity contribution in [2.45, 2.75) is 82.1 Å². The molecular weight excluding hydrogens is 709 g/mol. The lowest BCUT2D eigenvalue weighted by Gasteiger charge is -2.45. The Morgan fingerprint density at radius 3 is 2.20 bits per heavy atom. The van der Waals surface area contributed by atoms with Gasteiger partial charge in [-0.1, -0.05) is 78.9 Å². The number of carbonyl (C=O) groups is 3. The first kappa shape index (κ1) is 39.0. The van der Waals surface area contributed by atoms with E-state index in [9.17, 15) is 19.5 Å². The fourth-order valence-corrected chi connectivity index (χ4v) is 7.94. The Hall–Kier alpha value is -5.27. The number of para-hydroxylation sites is 3. The third kappa shape index (κ3) is 9.39. The molecule has 7 rings (SSSR count). The molecule has 3 aliphatic rings. The summed E-state index contributed by atoms with van der Waals surface area (Å²) in [6, 6.07) is 33.1. The number of amides is 3. The number of piperidine rings is 1. The van der Waals surface area contributed by atoms with E-state index in [-0.39, 0.29) is 36.5 Å². The number of rotatable bonds is 14. The maximum Gasteiger partial charge on any atom is 0.247 e. The van der Waals surface area contributed by atoms with Gasteiger partial charge in [-0.25, -0.2) is 0 Å². The lowest BCUT2D eigenvalue weighted by molar-refractivity contribution is -0.253. The number of carbonyl (C=O) groups excluding carboxylic acids is 3. The van der Waals surface area contributed by atoms with E-state index in [2.05, 4.69) is 37.9 Å². The topological polar surface area (TPSA) is 158 Å². The quantitative estimate of drug-likeness (QED) is 0.0821. The Morgan fingerprint density at radius 1 is 0.821 bits per heavy atom. The monoisotopic (exact) mass is 760 g/mol. The highest BCUT2D eigenvalue weighted by Gasteiger charge is 2.50. The molecule has 3 amide bonds. The first-order chi connectivity index (χ1) is 27.3. The van der Waals surface area contributed by atoms with Gasteiger partial charge in [0, 0.05) is 56.7 Å². The van der Waals surface area contributed by atoms with Gasteiger partial charge in [-0.05, 0) is 66.6 Å². The summed E-state index contributed by atoms with van der Waals surface area (Å²) in [6.07, 6.45) is 3.05. The SMILES string of the molecule is Nc1ccccc1NC(=O)CCCCC(=O)NCc1ccc([C@H]2O[C@@H](CN3CCC4(CC3)C(=O)NCN4c3ccccc3)C[C@@H](c3ccc(CO)cc3)O2)cc1.